The molecule has 0 unspecified atom stereocenters. The van der Waals surface area contributed by atoms with Gasteiger partial charge in [0, 0.05) is 0 Å². The Labute approximate surface area is 160 Å². The molecule has 0 bridgehead atoms. The summed E-state index contributed by atoms with van der Waals surface area (Å²) in [7, 11) is -1.85. The summed E-state index contributed by atoms with van der Waals surface area (Å²) in [6.07, 6.45) is 0.865. The van der Waals surface area contributed by atoms with E-state index in [1.165, 1.54) is 22.3 Å². The quantitative estimate of drug-likeness (QED) is 0.614. The fourth-order valence-corrected chi connectivity index (χ4v) is 4.23. The first-order valence-corrected chi connectivity index (χ1v) is 12.3. The van der Waals surface area contributed by atoms with Gasteiger partial charge in [0.2, 0.25) is 0 Å². The number of hydrogen-bond donors (Lipinski definition) is 1. The van der Waals surface area contributed by atoms with Crippen LogP contribution < -0.4 is 4.43 Å². The molecule has 0 aliphatic carbocycles. The molecule has 0 spiro atoms. The van der Waals surface area contributed by atoms with E-state index in [9.17, 15) is 5.11 Å². The molecule has 0 atom stereocenters. The first-order valence-electron chi connectivity index (χ1n) is 9.40. The van der Waals surface area contributed by atoms with Gasteiger partial charge in [0.1, 0.15) is 11.5 Å². The van der Waals surface area contributed by atoms with Gasteiger partial charge in [0.25, 0.3) is 8.32 Å². The highest BCUT2D eigenvalue weighted by atomic mass is 28.4. The zero-order chi connectivity index (χ0) is 19.9. The number of hydrogen-bond acceptors (Lipinski definition) is 2. The minimum Gasteiger partial charge on any atom is -0.543 e. The first kappa shape index (κ1) is 20.6. The first-order chi connectivity index (χ1) is 11.8. The van der Waals surface area contributed by atoms with Gasteiger partial charge in [-0.3, -0.25) is 0 Å². The average Bonchev–Trinajstić information content (AvgIpc) is 2.47. The number of benzene rings is 2. The van der Waals surface area contributed by atoms with Gasteiger partial charge in [-0.1, -0.05) is 45.0 Å². The van der Waals surface area contributed by atoms with Crippen LogP contribution in [0.15, 0.2) is 24.3 Å². The Kier molecular flexibility index (Phi) is 5.62. The van der Waals surface area contributed by atoms with Crippen molar-refractivity contribution < 1.29 is 9.53 Å². The van der Waals surface area contributed by atoms with Crippen LogP contribution in [0.3, 0.4) is 0 Å². The Morgan fingerprint density at radius 2 is 1.19 bits per heavy atom. The van der Waals surface area contributed by atoms with Crippen molar-refractivity contribution >= 4 is 8.32 Å². The van der Waals surface area contributed by atoms with Gasteiger partial charge in [-0.05, 0) is 85.6 Å². The predicted molar refractivity (Wildman–Crippen MR) is 114 cm³/mol. The van der Waals surface area contributed by atoms with Gasteiger partial charge >= 0.3 is 0 Å². The summed E-state index contributed by atoms with van der Waals surface area (Å²) in [4.78, 5) is 0. The summed E-state index contributed by atoms with van der Waals surface area (Å²) in [6, 6.07) is 8.64. The average molecular weight is 371 g/mol. The third-order valence-electron chi connectivity index (χ3n) is 5.64. The van der Waals surface area contributed by atoms with Crippen molar-refractivity contribution in [1.82, 2.24) is 0 Å². The van der Waals surface area contributed by atoms with E-state index in [2.05, 4.69) is 72.0 Å². The number of aryl methyl sites for hydroxylation is 4. The lowest BCUT2D eigenvalue weighted by Crippen LogP contribution is -2.44. The Bertz CT molecular complexity index is 767. The van der Waals surface area contributed by atoms with Gasteiger partial charge in [-0.2, -0.15) is 0 Å². The highest BCUT2D eigenvalue weighted by Gasteiger charge is 2.39. The highest BCUT2D eigenvalue weighted by Crippen LogP contribution is 2.39. The highest BCUT2D eigenvalue weighted by molar-refractivity contribution is 6.74. The molecule has 2 aromatic rings. The van der Waals surface area contributed by atoms with Crippen molar-refractivity contribution in [3.8, 4) is 11.5 Å². The molecule has 0 aliphatic rings. The Morgan fingerprint density at radius 1 is 0.808 bits per heavy atom. The van der Waals surface area contributed by atoms with Crippen molar-refractivity contribution in [2.45, 2.75) is 73.0 Å². The van der Waals surface area contributed by atoms with Crippen molar-refractivity contribution in [2.75, 3.05) is 0 Å². The van der Waals surface area contributed by atoms with Crippen LogP contribution in [0.2, 0.25) is 18.1 Å². The van der Waals surface area contributed by atoms with Crippen molar-refractivity contribution in [1.29, 1.82) is 0 Å². The standard InChI is InChI=1S/C23H34O2Si/c1-15-10-19(11-16(2)21(15)24)14-20-12-17(3)22(18(4)13-20)25-26(8,9)23(5,6)7/h10-13,24H,14H2,1-9H3. The maximum Gasteiger partial charge on any atom is 0.250 e. The second kappa shape index (κ2) is 7.11. The van der Waals surface area contributed by atoms with Crippen LogP contribution in [0.5, 0.6) is 11.5 Å². The molecule has 0 aromatic heterocycles. The molecule has 0 amide bonds. The number of rotatable bonds is 4. The fourth-order valence-electron chi connectivity index (χ4n) is 3.09. The van der Waals surface area contributed by atoms with E-state index in [-0.39, 0.29) is 5.04 Å². The van der Waals surface area contributed by atoms with E-state index in [1.54, 1.807) is 0 Å². The lowest BCUT2D eigenvalue weighted by atomic mass is 9.97. The molecule has 2 rings (SSSR count). The van der Waals surface area contributed by atoms with E-state index in [1.807, 2.05) is 13.8 Å². The second-order valence-corrected chi connectivity index (χ2v) is 13.9. The van der Waals surface area contributed by atoms with E-state index in [4.69, 9.17) is 4.43 Å². The molecule has 3 heteroatoms. The smallest absolute Gasteiger partial charge is 0.250 e. The number of aromatic hydroxyl groups is 1. The van der Waals surface area contributed by atoms with Crippen LogP contribution in [-0.4, -0.2) is 13.4 Å². The van der Waals surface area contributed by atoms with E-state index < -0.39 is 8.32 Å². The monoisotopic (exact) mass is 370 g/mol. The molecule has 2 aromatic carbocycles. The van der Waals surface area contributed by atoms with Crippen LogP contribution in [0.1, 0.15) is 54.2 Å². The topological polar surface area (TPSA) is 29.5 Å². The lowest BCUT2D eigenvalue weighted by molar-refractivity contribution is 0.466. The summed E-state index contributed by atoms with van der Waals surface area (Å²) in [5, 5.41) is 10.2. The van der Waals surface area contributed by atoms with Crippen LogP contribution >= 0.6 is 0 Å². The van der Waals surface area contributed by atoms with E-state index in [0.29, 0.717) is 5.75 Å². The van der Waals surface area contributed by atoms with Gasteiger partial charge in [0.15, 0.2) is 0 Å². The maximum absolute atomic E-state index is 9.98. The van der Waals surface area contributed by atoms with Crippen molar-refractivity contribution in [3.05, 3.63) is 57.6 Å². The number of phenolic OH excluding ortho intramolecular Hbond substituents is 1. The molecule has 0 aliphatic heterocycles. The molecular formula is C23H34O2Si. The summed E-state index contributed by atoms with van der Waals surface area (Å²) < 4.78 is 6.59. The molecule has 0 saturated carbocycles. The predicted octanol–water partition coefficient (Wildman–Crippen LogP) is 6.60. The molecular weight excluding hydrogens is 336 g/mol. The van der Waals surface area contributed by atoms with Gasteiger partial charge in [0.05, 0.1) is 0 Å². The van der Waals surface area contributed by atoms with Gasteiger partial charge in [-0.25, -0.2) is 0 Å². The normalized spacial score (nSPS) is 12.3. The van der Waals surface area contributed by atoms with Crippen LogP contribution in [0, 0.1) is 27.7 Å². The summed E-state index contributed by atoms with van der Waals surface area (Å²) >= 11 is 0. The number of phenols is 1. The molecule has 0 heterocycles. The van der Waals surface area contributed by atoms with Crippen LogP contribution in [-0.2, 0) is 6.42 Å². The molecule has 26 heavy (non-hydrogen) atoms. The minimum atomic E-state index is -1.85. The van der Waals surface area contributed by atoms with Crippen molar-refractivity contribution in [2.24, 2.45) is 0 Å². The fraction of sp³-hybridized carbons (Fsp3) is 0.478. The SMILES string of the molecule is Cc1cc(Cc2cc(C)c(O[Si](C)(C)C(C)(C)C)c(C)c2)cc(C)c1O. The zero-order valence-electron chi connectivity index (χ0n) is 17.9. The van der Waals surface area contributed by atoms with E-state index in [0.717, 1.165) is 23.3 Å². The Balaban J connectivity index is 2.32. The molecule has 142 valence electrons. The minimum absolute atomic E-state index is 0.186. The second-order valence-electron chi connectivity index (χ2n) is 9.18. The van der Waals surface area contributed by atoms with E-state index >= 15 is 0 Å². The summed E-state index contributed by atoms with van der Waals surface area (Å²) in [5.74, 6) is 1.46. The maximum atomic E-state index is 9.98. The Morgan fingerprint density at radius 3 is 1.58 bits per heavy atom. The van der Waals surface area contributed by atoms with Gasteiger partial charge in [-0.15, -0.1) is 0 Å². The molecule has 0 radical (unpaired) electrons. The molecule has 0 saturated heterocycles. The summed E-state index contributed by atoms with van der Waals surface area (Å²) in [5.41, 5.74) is 6.80. The van der Waals surface area contributed by atoms with Crippen LogP contribution in [0.25, 0.3) is 0 Å². The molecule has 0 fully saturated rings. The third-order valence-corrected chi connectivity index (χ3v) is 9.97. The van der Waals surface area contributed by atoms with Crippen LogP contribution in [0.4, 0.5) is 0 Å². The largest absolute Gasteiger partial charge is 0.543 e. The lowest BCUT2D eigenvalue weighted by Gasteiger charge is -2.37. The van der Waals surface area contributed by atoms with Gasteiger partial charge < -0.3 is 9.53 Å². The Hall–Kier alpha value is -1.74. The van der Waals surface area contributed by atoms with Crippen molar-refractivity contribution in [3.63, 3.8) is 0 Å². The third kappa shape index (κ3) is 4.32. The molecule has 1 N–H and O–H groups in total. The zero-order valence-corrected chi connectivity index (χ0v) is 18.9. The molecule has 2 nitrogen and oxygen atoms in total. The summed E-state index contributed by atoms with van der Waals surface area (Å²) in [6.45, 7) is 19.6.